The summed E-state index contributed by atoms with van der Waals surface area (Å²) in [6.07, 6.45) is 2.89. The number of carbonyl (C=O) groups is 1. The zero-order valence-electron chi connectivity index (χ0n) is 13.3. The number of amides is 1. The molecule has 5 heteroatoms. The van der Waals surface area contributed by atoms with E-state index in [0.717, 1.165) is 44.3 Å². The predicted molar refractivity (Wildman–Crippen MR) is 89.3 cm³/mol. The summed E-state index contributed by atoms with van der Waals surface area (Å²) in [5.41, 5.74) is 0.906. The summed E-state index contributed by atoms with van der Waals surface area (Å²) in [6, 6.07) is 7.38. The summed E-state index contributed by atoms with van der Waals surface area (Å²) in [5.74, 6) is 0.601. The van der Waals surface area contributed by atoms with E-state index in [-0.39, 0.29) is 17.7 Å². The Kier molecular flexibility index (Phi) is 5.57. The molecule has 1 aromatic rings. The zero-order valence-corrected chi connectivity index (χ0v) is 14.0. The van der Waals surface area contributed by atoms with Gasteiger partial charge >= 0.3 is 0 Å². The molecule has 0 aromatic heterocycles. The SMILES string of the molecule is O=C(C1CCOCC1)N1CCC(C(O)c2ccc(Cl)cc2)CC1. The number of rotatable bonds is 3. The van der Waals surface area contributed by atoms with Gasteiger partial charge in [-0.2, -0.15) is 0 Å². The fourth-order valence-corrected chi connectivity index (χ4v) is 3.70. The van der Waals surface area contributed by atoms with Crippen molar-refractivity contribution in [2.24, 2.45) is 11.8 Å². The van der Waals surface area contributed by atoms with Crippen LogP contribution in [0.4, 0.5) is 0 Å². The molecule has 1 aromatic carbocycles. The van der Waals surface area contributed by atoms with Gasteiger partial charge in [-0.1, -0.05) is 23.7 Å². The topological polar surface area (TPSA) is 49.8 Å². The van der Waals surface area contributed by atoms with E-state index < -0.39 is 6.10 Å². The molecule has 1 amide bonds. The largest absolute Gasteiger partial charge is 0.388 e. The van der Waals surface area contributed by atoms with Crippen molar-refractivity contribution < 1.29 is 14.6 Å². The van der Waals surface area contributed by atoms with Crippen molar-refractivity contribution >= 4 is 17.5 Å². The summed E-state index contributed by atoms with van der Waals surface area (Å²) in [5, 5.41) is 11.2. The molecule has 0 aliphatic carbocycles. The van der Waals surface area contributed by atoms with Crippen molar-refractivity contribution in [1.82, 2.24) is 4.90 Å². The van der Waals surface area contributed by atoms with Crippen LogP contribution in [0.5, 0.6) is 0 Å². The van der Waals surface area contributed by atoms with Crippen molar-refractivity contribution in [2.75, 3.05) is 26.3 Å². The number of ether oxygens (including phenoxy) is 1. The second-order valence-electron chi connectivity index (χ2n) is 6.55. The van der Waals surface area contributed by atoms with Crippen molar-refractivity contribution in [1.29, 1.82) is 0 Å². The number of hydrogen-bond donors (Lipinski definition) is 1. The Bertz CT molecular complexity index is 520. The third kappa shape index (κ3) is 4.06. The van der Waals surface area contributed by atoms with E-state index in [1.165, 1.54) is 0 Å². The van der Waals surface area contributed by atoms with Crippen LogP contribution in [-0.4, -0.2) is 42.2 Å². The second kappa shape index (κ2) is 7.65. The molecule has 2 aliphatic heterocycles. The highest BCUT2D eigenvalue weighted by molar-refractivity contribution is 6.30. The van der Waals surface area contributed by atoms with Gasteiger partial charge in [0.1, 0.15) is 0 Å². The summed E-state index contributed by atoms with van der Waals surface area (Å²) in [6.45, 7) is 2.88. The first-order valence-electron chi connectivity index (χ1n) is 8.45. The predicted octanol–water partition coefficient (Wildman–Crippen LogP) is 3.04. The lowest BCUT2D eigenvalue weighted by atomic mass is 9.86. The Morgan fingerprint density at radius 1 is 1.13 bits per heavy atom. The van der Waals surface area contributed by atoms with Crippen LogP contribution < -0.4 is 0 Å². The first kappa shape index (κ1) is 16.7. The van der Waals surface area contributed by atoms with Crippen LogP contribution in [0, 0.1) is 11.8 Å². The molecule has 23 heavy (non-hydrogen) atoms. The van der Waals surface area contributed by atoms with Crippen LogP contribution in [0.3, 0.4) is 0 Å². The van der Waals surface area contributed by atoms with Crippen molar-refractivity contribution in [3.05, 3.63) is 34.9 Å². The maximum Gasteiger partial charge on any atom is 0.225 e. The molecule has 0 bridgehead atoms. The van der Waals surface area contributed by atoms with Crippen LogP contribution in [0.2, 0.25) is 5.02 Å². The van der Waals surface area contributed by atoms with E-state index >= 15 is 0 Å². The minimum absolute atomic E-state index is 0.126. The fraction of sp³-hybridized carbons (Fsp3) is 0.611. The molecule has 2 heterocycles. The average molecular weight is 338 g/mol. The number of likely N-dealkylation sites (tertiary alicyclic amines) is 1. The van der Waals surface area contributed by atoms with Crippen molar-refractivity contribution in [3.63, 3.8) is 0 Å². The first-order valence-corrected chi connectivity index (χ1v) is 8.83. The van der Waals surface area contributed by atoms with Gasteiger partial charge in [-0.15, -0.1) is 0 Å². The number of halogens is 1. The third-order valence-electron chi connectivity index (χ3n) is 5.08. The van der Waals surface area contributed by atoms with Crippen LogP contribution in [0.15, 0.2) is 24.3 Å². The van der Waals surface area contributed by atoms with E-state index in [4.69, 9.17) is 16.3 Å². The Morgan fingerprint density at radius 2 is 1.74 bits per heavy atom. The maximum atomic E-state index is 12.5. The van der Waals surface area contributed by atoms with E-state index in [9.17, 15) is 9.90 Å². The maximum absolute atomic E-state index is 12.5. The number of aliphatic hydroxyl groups is 1. The molecular formula is C18H24ClNO3. The highest BCUT2D eigenvalue weighted by Crippen LogP contribution is 2.32. The van der Waals surface area contributed by atoms with E-state index in [0.29, 0.717) is 18.2 Å². The van der Waals surface area contributed by atoms with Gasteiger partial charge in [0.15, 0.2) is 0 Å². The van der Waals surface area contributed by atoms with Gasteiger partial charge in [0, 0.05) is 37.2 Å². The molecule has 126 valence electrons. The van der Waals surface area contributed by atoms with Crippen LogP contribution in [-0.2, 0) is 9.53 Å². The smallest absolute Gasteiger partial charge is 0.225 e. The number of nitrogens with zero attached hydrogens (tertiary/aromatic N) is 1. The Labute approximate surface area is 142 Å². The van der Waals surface area contributed by atoms with Crippen LogP contribution in [0.1, 0.15) is 37.4 Å². The number of benzene rings is 1. The lowest BCUT2D eigenvalue weighted by molar-refractivity contribution is -0.140. The van der Waals surface area contributed by atoms with E-state index in [1.54, 1.807) is 0 Å². The second-order valence-corrected chi connectivity index (χ2v) is 6.98. The van der Waals surface area contributed by atoms with Gasteiger partial charge in [0.2, 0.25) is 5.91 Å². The summed E-state index contributed by atoms with van der Waals surface area (Å²) in [4.78, 5) is 14.5. The Hall–Kier alpha value is -1.10. The van der Waals surface area contributed by atoms with Crippen LogP contribution >= 0.6 is 11.6 Å². The number of carbonyl (C=O) groups excluding carboxylic acids is 1. The van der Waals surface area contributed by atoms with Crippen molar-refractivity contribution in [3.8, 4) is 0 Å². The molecule has 1 atom stereocenters. The lowest BCUT2D eigenvalue weighted by Crippen LogP contribution is -2.43. The standard InChI is InChI=1S/C18H24ClNO3/c19-16-3-1-13(2-4-16)17(21)14-5-9-20(10-6-14)18(22)15-7-11-23-12-8-15/h1-4,14-15,17,21H,5-12H2. The minimum atomic E-state index is -0.479. The highest BCUT2D eigenvalue weighted by Gasteiger charge is 2.31. The normalized spacial score (nSPS) is 22.1. The van der Waals surface area contributed by atoms with E-state index in [2.05, 4.69) is 0 Å². The van der Waals surface area contributed by atoms with Crippen LogP contribution in [0.25, 0.3) is 0 Å². The van der Waals surface area contributed by atoms with Crippen molar-refractivity contribution in [2.45, 2.75) is 31.8 Å². The molecule has 3 rings (SSSR count). The quantitative estimate of drug-likeness (QED) is 0.922. The van der Waals surface area contributed by atoms with Gasteiger partial charge in [-0.3, -0.25) is 4.79 Å². The molecular weight excluding hydrogens is 314 g/mol. The molecule has 1 N–H and O–H groups in total. The minimum Gasteiger partial charge on any atom is -0.388 e. The molecule has 2 aliphatic rings. The molecule has 1 unspecified atom stereocenters. The molecule has 2 fully saturated rings. The highest BCUT2D eigenvalue weighted by atomic mass is 35.5. The summed E-state index contributed by atoms with van der Waals surface area (Å²) < 4.78 is 5.33. The Balaban J connectivity index is 1.53. The molecule has 0 radical (unpaired) electrons. The average Bonchev–Trinajstić information content (AvgIpc) is 2.62. The van der Waals surface area contributed by atoms with Gasteiger partial charge in [0.25, 0.3) is 0 Å². The monoisotopic (exact) mass is 337 g/mol. The molecule has 2 saturated heterocycles. The van der Waals surface area contributed by atoms with Gasteiger partial charge in [-0.25, -0.2) is 0 Å². The zero-order chi connectivity index (χ0) is 16.2. The number of piperidine rings is 1. The molecule has 0 spiro atoms. The van der Waals surface area contributed by atoms with Gasteiger partial charge in [-0.05, 0) is 49.3 Å². The van der Waals surface area contributed by atoms with Gasteiger partial charge < -0.3 is 14.7 Å². The summed E-state index contributed by atoms with van der Waals surface area (Å²) >= 11 is 5.90. The molecule has 0 saturated carbocycles. The van der Waals surface area contributed by atoms with Gasteiger partial charge in [0.05, 0.1) is 6.10 Å². The number of aliphatic hydroxyl groups excluding tert-OH is 1. The third-order valence-corrected chi connectivity index (χ3v) is 5.33. The lowest BCUT2D eigenvalue weighted by Gasteiger charge is -2.36. The van der Waals surface area contributed by atoms with E-state index in [1.807, 2.05) is 29.2 Å². The molecule has 4 nitrogen and oxygen atoms in total. The fourth-order valence-electron chi connectivity index (χ4n) is 3.57. The summed E-state index contributed by atoms with van der Waals surface area (Å²) in [7, 11) is 0. The number of hydrogen-bond acceptors (Lipinski definition) is 3. The first-order chi connectivity index (χ1) is 11.1. The Morgan fingerprint density at radius 3 is 2.35 bits per heavy atom.